The fourth-order valence-corrected chi connectivity index (χ4v) is 2.58. The number of carbonyl (C=O) groups excluding carboxylic acids is 1. The second kappa shape index (κ2) is 5.69. The largest absolute Gasteiger partial charge is 0.441 e. The first kappa shape index (κ1) is 13.8. The quantitative estimate of drug-likeness (QED) is 0.918. The van der Waals surface area contributed by atoms with Gasteiger partial charge < -0.3 is 14.6 Å². The molecule has 0 aliphatic carbocycles. The average Bonchev–Trinajstić information content (AvgIpc) is 2.90. The van der Waals surface area contributed by atoms with Crippen molar-refractivity contribution in [3.05, 3.63) is 41.8 Å². The Morgan fingerprint density at radius 3 is 2.86 bits per heavy atom. The van der Waals surface area contributed by atoms with E-state index in [4.69, 9.17) is 4.42 Å². The van der Waals surface area contributed by atoms with E-state index in [0.717, 1.165) is 18.7 Å². The number of oxazole rings is 1. The summed E-state index contributed by atoms with van der Waals surface area (Å²) in [6.45, 7) is 6.16. The molecule has 1 aliphatic rings. The number of nitrogens with zero attached hydrogens (tertiary/aromatic N) is 2. The van der Waals surface area contributed by atoms with Crippen molar-refractivity contribution in [1.82, 2.24) is 15.2 Å². The molecule has 1 N–H and O–H groups in total. The fraction of sp³-hybridized carbons (Fsp3) is 0.375. The first-order chi connectivity index (χ1) is 10.2. The minimum absolute atomic E-state index is 0.0487. The normalized spacial score (nSPS) is 18.8. The Hall–Kier alpha value is -2.14. The van der Waals surface area contributed by atoms with E-state index in [2.05, 4.69) is 10.3 Å². The number of amides is 1. The number of carbonyl (C=O) groups is 1. The number of nitrogens with one attached hydrogen (secondary N) is 1. The summed E-state index contributed by atoms with van der Waals surface area (Å²) in [6, 6.07) is 9.81. The molecule has 21 heavy (non-hydrogen) atoms. The predicted octanol–water partition coefficient (Wildman–Crippen LogP) is 2.08. The Morgan fingerprint density at radius 1 is 1.38 bits per heavy atom. The maximum atomic E-state index is 12.7. The molecule has 0 bridgehead atoms. The summed E-state index contributed by atoms with van der Waals surface area (Å²) in [7, 11) is 0. The Kier molecular flexibility index (Phi) is 3.75. The molecule has 1 aromatic heterocycles. The highest BCUT2D eigenvalue weighted by Gasteiger charge is 2.28. The number of piperazine rings is 1. The topological polar surface area (TPSA) is 58.4 Å². The first-order valence-corrected chi connectivity index (χ1v) is 7.21. The van der Waals surface area contributed by atoms with E-state index >= 15 is 0 Å². The van der Waals surface area contributed by atoms with Crippen molar-refractivity contribution in [2.45, 2.75) is 19.9 Å². The molecule has 1 aliphatic heterocycles. The van der Waals surface area contributed by atoms with Crippen molar-refractivity contribution in [2.24, 2.45) is 0 Å². The summed E-state index contributed by atoms with van der Waals surface area (Å²) in [6.07, 6.45) is 0. The number of rotatable bonds is 2. The smallest absolute Gasteiger partial charge is 0.276 e. The maximum absolute atomic E-state index is 12.7. The molecule has 5 nitrogen and oxygen atoms in total. The molecule has 1 amide bonds. The molecule has 0 radical (unpaired) electrons. The van der Waals surface area contributed by atoms with Gasteiger partial charge in [0.15, 0.2) is 5.69 Å². The van der Waals surface area contributed by atoms with Crippen LogP contribution >= 0.6 is 0 Å². The van der Waals surface area contributed by atoms with E-state index in [1.54, 1.807) is 6.92 Å². The van der Waals surface area contributed by atoms with Crippen molar-refractivity contribution >= 4 is 5.91 Å². The summed E-state index contributed by atoms with van der Waals surface area (Å²) >= 11 is 0. The van der Waals surface area contributed by atoms with Gasteiger partial charge >= 0.3 is 0 Å². The van der Waals surface area contributed by atoms with E-state index in [1.165, 1.54) is 0 Å². The van der Waals surface area contributed by atoms with Crippen LogP contribution in [0.2, 0.25) is 0 Å². The molecule has 1 atom stereocenters. The SMILES string of the molecule is Cc1oc(-c2ccccc2)nc1C(=O)N1CCNC[C@H]1C. The summed E-state index contributed by atoms with van der Waals surface area (Å²) in [5, 5.41) is 3.28. The minimum Gasteiger partial charge on any atom is -0.441 e. The van der Waals surface area contributed by atoms with Crippen LogP contribution < -0.4 is 5.32 Å². The molecule has 1 saturated heterocycles. The molecule has 1 fully saturated rings. The highest BCUT2D eigenvalue weighted by atomic mass is 16.4. The molecule has 0 saturated carbocycles. The number of aromatic nitrogens is 1. The van der Waals surface area contributed by atoms with Crippen LogP contribution in [-0.2, 0) is 0 Å². The van der Waals surface area contributed by atoms with Gasteiger partial charge in [-0.25, -0.2) is 4.98 Å². The minimum atomic E-state index is -0.0487. The number of hydrogen-bond donors (Lipinski definition) is 1. The van der Waals surface area contributed by atoms with Gasteiger partial charge in [0.25, 0.3) is 5.91 Å². The van der Waals surface area contributed by atoms with E-state index < -0.39 is 0 Å². The zero-order chi connectivity index (χ0) is 14.8. The second-order valence-corrected chi connectivity index (χ2v) is 5.34. The lowest BCUT2D eigenvalue weighted by atomic mass is 10.2. The van der Waals surface area contributed by atoms with E-state index in [9.17, 15) is 4.79 Å². The van der Waals surface area contributed by atoms with Crippen LogP contribution in [0, 0.1) is 6.92 Å². The van der Waals surface area contributed by atoms with Crippen LogP contribution in [0.5, 0.6) is 0 Å². The molecular weight excluding hydrogens is 266 g/mol. The van der Waals surface area contributed by atoms with Crippen molar-refractivity contribution in [1.29, 1.82) is 0 Å². The zero-order valence-electron chi connectivity index (χ0n) is 12.3. The van der Waals surface area contributed by atoms with Crippen LogP contribution in [0.3, 0.4) is 0 Å². The monoisotopic (exact) mass is 285 g/mol. The van der Waals surface area contributed by atoms with Gasteiger partial charge in [-0.05, 0) is 26.0 Å². The molecule has 2 aromatic rings. The van der Waals surface area contributed by atoms with Crippen LogP contribution in [0.1, 0.15) is 23.2 Å². The van der Waals surface area contributed by atoms with Crippen LogP contribution in [0.15, 0.2) is 34.7 Å². The van der Waals surface area contributed by atoms with Crippen molar-refractivity contribution in [3.63, 3.8) is 0 Å². The summed E-state index contributed by atoms with van der Waals surface area (Å²) in [5.74, 6) is 1.02. The van der Waals surface area contributed by atoms with Gasteiger partial charge in [-0.1, -0.05) is 18.2 Å². The van der Waals surface area contributed by atoms with E-state index in [0.29, 0.717) is 23.9 Å². The molecule has 2 heterocycles. The molecule has 0 spiro atoms. The van der Waals surface area contributed by atoms with Gasteiger partial charge in [0.05, 0.1) is 0 Å². The Bertz CT molecular complexity index is 636. The summed E-state index contributed by atoms with van der Waals surface area (Å²) in [5.41, 5.74) is 1.30. The van der Waals surface area contributed by atoms with E-state index in [1.807, 2.05) is 42.2 Å². The molecule has 3 rings (SSSR count). The van der Waals surface area contributed by atoms with Gasteiger partial charge in [-0.15, -0.1) is 0 Å². The second-order valence-electron chi connectivity index (χ2n) is 5.34. The number of hydrogen-bond acceptors (Lipinski definition) is 4. The highest BCUT2D eigenvalue weighted by molar-refractivity contribution is 5.94. The van der Waals surface area contributed by atoms with Crippen molar-refractivity contribution in [3.8, 4) is 11.5 Å². The maximum Gasteiger partial charge on any atom is 0.276 e. The van der Waals surface area contributed by atoms with Crippen LogP contribution in [-0.4, -0.2) is 41.5 Å². The zero-order valence-corrected chi connectivity index (χ0v) is 12.3. The van der Waals surface area contributed by atoms with Gasteiger partial charge in [0.1, 0.15) is 5.76 Å². The standard InChI is InChI=1S/C16H19N3O2/c1-11-10-17-8-9-19(11)16(20)14-12(2)21-15(18-14)13-6-4-3-5-7-13/h3-7,11,17H,8-10H2,1-2H3/t11-/m1/s1. The van der Waals surface area contributed by atoms with E-state index in [-0.39, 0.29) is 11.9 Å². The van der Waals surface area contributed by atoms with Gasteiger partial charge in [-0.2, -0.15) is 0 Å². The van der Waals surface area contributed by atoms with Crippen molar-refractivity contribution < 1.29 is 9.21 Å². The molecule has 1 aromatic carbocycles. The lowest BCUT2D eigenvalue weighted by molar-refractivity contribution is 0.0648. The third kappa shape index (κ3) is 2.69. The number of benzene rings is 1. The predicted molar refractivity (Wildman–Crippen MR) is 80.0 cm³/mol. The lowest BCUT2D eigenvalue weighted by Gasteiger charge is -2.33. The molecular formula is C16H19N3O2. The number of aryl methyl sites for hydroxylation is 1. The first-order valence-electron chi connectivity index (χ1n) is 7.21. The Labute approximate surface area is 124 Å². The van der Waals surface area contributed by atoms with Gasteiger partial charge in [-0.3, -0.25) is 4.79 Å². The van der Waals surface area contributed by atoms with Crippen LogP contribution in [0.25, 0.3) is 11.5 Å². The summed E-state index contributed by atoms with van der Waals surface area (Å²) in [4.78, 5) is 18.9. The Morgan fingerprint density at radius 2 is 2.14 bits per heavy atom. The molecule has 110 valence electrons. The van der Waals surface area contributed by atoms with Gasteiger partial charge in [0.2, 0.25) is 5.89 Å². The third-order valence-corrected chi connectivity index (χ3v) is 3.78. The molecule has 0 unspecified atom stereocenters. The van der Waals surface area contributed by atoms with Gasteiger partial charge in [0, 0.05) is 31.2 Å². The van der Waals surface area contributed by atoms with Crippen molar-refractivity contribution in [2.75, 3.05) is 19.6 Å². The molecule has 5 heteroatoms. The summed E-state index contributed by atoms with van der Waals surface area (Å²) < 4.78 is 5.67. The average molecular weight is 285 g/mol. The highest BCUT2D eigenvalue weighted by Crippen LogP contribution is 2.22. The Balaban J connectivity index is 1.89. The third-order valence-electron chi connectivity index (χ3n) is 3.78. The van der Waals surface area contributed by atoms with Crippen LogP contribution in [0.4, 0.5) is 0 Å². The lowest BCUT2D eigenvalue weighted by Crippen LogP contribution is -2.52. The fourth-order valence-electron chi connectivity index (χ4n) is 2.58.